The van der Waals surface area contributed by atoms with Gasteiger partial charge in [-0.1, -0.05) is 62.2 Å². The van der Waals surface area contributed by atoms with E-state index in [1.54, 1.807) is 7.11 Å². The summed E-state index contributed by atoms with van der Waals surface area (Å²) in [6, 6.07) is 19.9. The van der Waals surface area contributed by atoms with Gasteiger partial charge in [0.15, 0.2) is 5.78 Å². The number of methoxy groups -OCH3 is 1. The predicted molar refractivity (Wildman–Crippen MR) is 115 cm³/mol. The summed E-state index contributed by atoms with van der Waals surface area (Å²) in [5.41, 5.74) is 2.61. The fourth-order valence-corrected chi connectivity index (χ4v) is 3.94. The summed E-state index contributed by atoms with van der Waals surface area (Å²) in [5, 5.41) is 2.90. The Morgan fingerprint density at radius 3 is 2.32 bits per heavy atom. The third kappa shape index (κ3) is 3.18. The quantitative estimate of drug-likeness (QED) is 0.285. The number of fused-ring (bicyclic) bond motifs is 2. The summed E-state index contributed by atoms with van der Waals surface area (Å²) in [5.74, 6) is 0.846. The lowest BCUT2D eigenvalue weighted by Crippen LogP contribution is -2.03. The third-order valence-corrected chi connectivity index (χ3v) is 5.38. The molecular formula is C25H25NO2. The van der Waals surface area contributed by atoms with Crippen LogP contribution in [-0.2, 0) is 6.54 Å². The van der Waals surface area contributed by atoms with Gasteiger partial charge in [0.25, 0.3) is 0 Å². The Hall–Kier alpha value is -3.07. The van der Waals surface area contributed by atoms with Crippen molar-refractivity contribution in [2.24, 2.45) is 0 Å². The van der Waals surface area contributed by atoms with Crippen molar-refractivity contribution in [1.82, 2.24) is 4.57 Å². The Bertz CT molecular complexity index is 1140. The molecule has 0 atom stereocenters. The molecule has 3 heteroatoms. The van der Waals surface area contributed by atoms with Gasteiger partial charge >= 0.3 is 0 Å². The van der Waals surface area contributed by atoms with Gasteiger partial charge in [0.1, 0.15) is 5.75 Å². The highest BCUT2D eigenvalue weighted by molar-refractivity contribution is 6.21. The average molecular weight is 371 g/mol. The lowest BCUT2D eigenvalue weighted by atomic mass is 9.96. The van der Waals surface area contributed by atoms with E-state index in [1.807, 2.05) is 60.8 Å². The standard InChI is InChI=1S/C25H25NO2/c1-3-4-9-16-26-17-22(19-11-7-8-13-23(19)26)25(27)21-14-15-24(28-2)20-12-6-5-10-18(20)21/h5-8,10-15,17H,3-4,9,16H2,1-2H3. The molecule has 0 aliphatic rings. The highest BCUT2D eigenvalue weighted by atomic mass is 16.5. The maximum absolute atomic E-state index is 13.6. The van der Waals surface area contributed by atoms with E-state index in [-0.39, 0.29) is 5.78 Å². The van der Waals surface area contributed by atoms with E-state index in [0.29, 0.717) is 5.56 Å². The molecule has 4 aromatic rings. The van der Waals surface area contributed by atoms with E-state index in [0.717, 1.165) is 46.0 Å². The third-order valence-electron chi connectivity index (χ3n) is 5.38. The van der Waals surface area contributed by atoms with Gasteiger partial charge in [-0.3, -0.25) is 4.79 Å². The topological polar surface area (TPSA) is 31.2 Å². The van der Waals surface area contributed by atoms with E-state index in [2.05, 4.69) is 17.6 Å². The molecular weight excluding hydrogens is 346 g/mol. The van der Waals surface area contributed by atoms with Gasteiger partial charge in [-0.15, -0.1) is 0 Å². The zero-order valence-electron chi connectivity index (χ0n) is 16.4. The molecule has 3 aromatic carbocycles. The number of unbranched alkanes of at least 4 members (excludes halogenated alkanes) is 2. The lowest BCUT2D eigenvalue weighted by molar-refractivity contribution is 0.104. The number of aryl methyl sites for hydroxylation is 1. The first-order chi connectivity index (χ1) is 13.7. The smallest absolute Gasteiger partial charge is 0.195 e. The van der Waals surface area contributed by atoms with Crippen molar-refractivity contribution in [2.75, 3.05) is 7.11 Å². The van der Waals surface area contributed by atoms with Crippen molar-refractivity contribution in [3.05, 3.63) is 78.0 Å². The molecule has 142 valence electrons. The monoisotopic (exact) mass is 371 g/mol. The molecule has 3 nitrogen and oxygen atoms in total. The highest BCUT2D eigenvalue weighted by Gasteiger charge is 2.19. The number of ketones is 1. The zero-order chi connectivity index (χ0) is 19.5. The normalized spacial score (nSPS) is 11.2. The lowest BCUT2D eigenvalue weighted by Gasteiger charge is -2.09. The van der Waals surface area contributed by atoms with Crippen LogP contribution in [0.4, 0.5) is 0 Å². The number of aromatic nitrogens is 1. The summed E-state index contributed by atoms with van der Waals surface area (Å²) in [4.78, 5) is 13.6. The van der Waals surface area contributed by atoms with Crippen LogP contribution in [-0.4, -0.2) is 17.5 Å². The van der Waals surface area contributed by atoms with Crippen LogP contribution in [0.1, 0.15) is 42.1 Å². The Balaban J connectivity index is 1.83. The molecule has 0 radical (unpaired) electrons. The molecule has 0 unspecified atom stereocenters. The first kappa shape index (κ1) is 18.3. The van der Waals surface area contributed by atoms with Crippen molar-refractivity contribution < 1.29 is 9.53 Å². The SMILES string of the molecule is CCCCCn1cc(C(=O)c2ccc(OC)c3ccccc23)c2ccccc21. The van der Waals surface area contributed by atoms with Crippen LogP contribution in [0.15, 0.2) is 66.9 Å². The van der Waals surface area contributed by atoms with Crippen molar-refractivity contribution in [3.8, 4) is 5.75 Å². The number of carbonyl (C=O) groups is 1. The molecule has 0 amide bonds. The molecule has 1 heterocycles. The number of hydrogen-bond acceptors (Lipinski definition) is 2. The van der Waals surface area contributed by atoms with Crippen LogP contribution in [0, 0.1) is 0 Å². The van der Waals surface area contributed by atoms with Crippen LogP contribution in [0.3, 0.4) is 0 Å². The van der Waals surface area contributed by atoms with Crippen LogP contribution in [0.25, 0.3) is 21.7 Å². The Morgan fingerprint density at radius 1 is 0.857 bits per heavy atom. The van der Waals surface area contributed by atoms with Gasteiger partial charge in [0, 0.05) is 40.2 Å². The maximum atomic E-state index is 13.6. The number of nitrogens with zero attached hydrogens (tertiary/aromatic N) is 1. The Labute approximate surface area is 165 Å². The Kier molecular flexibility index (Phi) is 5.16. The summed E-state index contributed by atoms with van der Waals surface area (Å²) >= 11 is 0. The van der Waals surface area contributed by atoms with Crippen molar-refractivity contribution >= 4 is 27.5 Å². The van der Waals surface area contributed by atoms with Gasteiger partial charge < -0.3 is 9.30 Å². The van der Waals surface area contributed by atoms with Gasteiger partial charge in [0.05, 0.1) is 7.11 Å². The molecule has 1 aromatic heterocycles. The summed E-state index contributed by atoms with van der Waals surface area (Å²) in [6.45, 7) is 3.14. The molecule has 0 N–H and O–H groups in total. The van der Waals surface area contributed by atoms with Crippen LogP contribution < -0.4 is 4.74 Å². The molecule has 0 saturated heterocycles. The van der Waals surface area contributed by atoms with E-state index in [9.17, 15) is 4.79 Å². The van der Waals surface area contributed by atoms with Crippen molar-refractivity contribution in [1.29, 1.82) is 0 Å². The van der Waals surface area contributed by atoms with E-state index < -0.39 is 0 Å². The predicted octanol–water partition coefficient (Wildman–Crippen LogP) is 6.22. The molecule has 0 spiro atoms. The largest absolute Gasteiger partial charge is 0.496 e. The molecule has 0 aliphatic heterocycles. The summed E-state index contributed by atoms with van der Waals surface area (Å²) < 4.78 is 7.71. The minimum Gasteiger partial charge on any atom is -0.496 e. The Morgan fingerprint density at radius 2 is 1.57 bits per heavy atom. The number of para-hydroxylation sites is 1. The molecule has 4 rings (SSSR count). The van der Waals surface area contributed by atoms with E-state index in [1.165, 1.54) is 12.8 Å². The minimum absolute atomic E-state index is 0.0595. The highest BCUT2D eigenvalue weighted by Crippen LogP contribution is 2.31. The number of ether oxygens (including phenoxy) is 1. The van der Waals surface area contributed by atoms with Gasteiger partial charge in [-0.05, 0) is 30.0 Å². The second kappa shape index (κ2) is 7.89. The fraction of sp³-hybridized carbons (Fsp3) is 0.240. The number of benzene rings is 3. The van der Waals surface area contributed by atoms with Gasteiger partial charge in [-0.25, -0.2) is 0 Å². The number of hydrogen-bond donors (Lipinski definition) is 0. The average Bonchev–Trinajstić information content (AvgIpc) is 3.11. The van der Waals surface area contributed by atoms with Crippen LogP contribution in [0.5, 0.6) is 5.75 Å². The van der Waals surface area contributed by atoms with Crippen LogP contribution >= 0.6 is 0 Å². The molecule has 0 fully saturated rings. The van der Waals surface area contributed by atoms with Gasteiger partial charge in [0.2, 0.25) is 0 Å². The molecule has 0 aliphatic carbocycles. The second-order valence-corrected chi connectivity index (χ2v) is 7.15. The summed E-state index contributed by atoms with van der Waals surface area (Å²) in [7, 11) is 1.66. The minimum atomic E-state index is 0.0595. The van der Waals surface area contributed by atoms with Crippen molar-refractivity contribution in [3.63, 3.8) is 0 Å². The van der Waals surface area contributed by atoms with E-state index >= 15 is 0 Å². The molecule has 0 bridgehead atoms. The van der Waals surface area contributed by atoms with Crippen LogP contribution in [0.2, 0.25) is 0 Å². The maximum Gasteiger partial charge on any atom is 0.195 e. The summed E-state index contributed by atoms with van der Waals surface area (Å²) in [6.07, 6.45) is 5.53. The van der Waals surface area contributed by atoms with Crippen molar-refractivity contribution in [2.45, 2.75) is 32.7 Å². The first-order valence-corrected chi connectivity index (χ1v) is 9.93. The molecule has 28 heavy (non-hydrogen) atoms. The van der Waals surface area contributed by atoms with E-state index in [4.69, 9.17) is 4.74 Å². The first-order valence-electron chi connectivity index (χ1n) is 9.93. The number of carbonyl (C=O) groups excluding carboxylic acids is 1. The molecule has 0 saturated carbocycles. The second-order valence-electron chi connectivity index (χ2n) is 7.15. The fourth-order valence-electron chi connectivity index (χ4n) is 3.94. The number of rotatable bonds is 7. The van der Waals surface area contributed by atoms with Gasteiger partial charge in [-0.2, -0.15) is 0 Å². The zero-order valence-corrected chi connectivity index (χ0v) is 16.4.